The Hall–Kier alpha value is -1.63. The number of rotatable bonds is 1. The number of hydrogen-bond donors (Lipinski definition) is 0. The van der Waals surface area contributed by atoms with Gasteiger partial charge in [-0.2, -0.15) is 0 Å². The second kappa shape index (κ2) is 6.19. The third kappa shape index (κ3) is 3.42. The Labute approximate surface area is 103 Å². The van der Waals surface area contributed by atoms with Gasteiger partial charge in [-0.05, 0) is 42.7 Å². The molecule has 0 aromatic heterocycles. The van der Waals surface area contributed by atoms with Crippen molar-refractivity contribution < 1.29 is 4.39 Å². The predicted molar refractivity (Wildman–Crippen MR) is 72.7 cm³/mol. The van der Waals surface area contributed by atoms with Gasteiger partial charge in [-0.3, -0.25) is 0 Å². The van der Waals surface area contributed by atoms with Crippen molar-refractivity contribution >= 4 is 0 Å². The van der Waals surface area contributed by atoms with E-state index in [0.717, 1.165) is 11.1 Å². The van der Waals surface area contributed by atoms with Crippen LogP contribution in [0.2, 0.25) is 0 Å². The van der Waals surface area contributed by atoms with Gasteiger partial charge < -0.3 is 0 Å². The van der Waals surface area contributed by atoms with Crippen LogP contribution in [0.15, 0.2) is 42.5 Å². The van der Waals surface area contributed by atoms with Crippen LogP contribution in [0.5, 0.6) is 0 Å². The summed E-state index contributed by atoms with van der Waals surface area (Å²) in [6.07, 6.45) is 0. The second-order valence-electron chi connectivity index (χ2n) is 3.83. The zero-order chi connectivity index (χ0) is 12.8. The Balaban J connectivity index is 0.000000686. The van der Waals surface area contributed by atoms with E-state index >= 15 is 0 Å². The molecule has 0 N–H and O–H groups in total. The second-order valence-corrected chi connectivity index (χ2v) is 3.83. The molecule has 0 heterocycles. The normalized spacial score (nSPS) is 9.47. The Morgan fingerprint density at radius 2 is 1.47 bits per heavy atom. The van der Waals surface area contributed by atoms with E-state index in [-0.39, 0.29) is 5.82 Å². The van der Waals surface area contributed by atoms with E-state index in [0.29, 0.717) is 5.56 Å². The Morgan fingerprint density at radius 3 is 2.06 bits per heavy atom. The highest BCUT2D eigenvalue weighted by Gasteiger charge is 2.01. The van der Waals surface area contributed by atoms with Crippen molar-refractivity contribution in [1.82, 2.24) is 0 Å². The molecule has 1 heteroatoms. The van der Waals surface area contributed by atoms with Gasteiger partial charge in [-0.25, -0.2) is 4.39 Å². The van der Waals surface area contributed by atoms with Crippen LogP contribution in [0, 0.1) is 19.7 Å². The summed E-state index contributed by atoms with van der Waals surface area (Å²) in [5.74, 6) is -0.147. The molecule has 2 aromatic carbocycles. The standard InChI is InChI=1S/C14H13F.C2H6/c1-10-4-3-5-12(8-10)13-6-7-14(15)11(2)9-13;1-2/h3-9H,1-2H3;1-2H3. The van der Waals surface area contributed by atoms with E-state index in [4.69, 9.17) is 0 Å². The fourth-order valence-electron chi connectivity index (χ4n) is 1.65. The summed E-state index contributed by atoms with van der Waals surface area (Å²) in [5, 5.41) is 0. The highest BCUT2D eigenvalue weighted by atomic mass is 19.1. The van der Waals surface area contributed by atoms with Crippen LogP contribution in [-0.2, 0) is 0 Å². The third-order valence-electron chi connectivity index (χ3n) is 2.51. The Kier molecular flexibility index (Phi) is 4.89. The van der Waals surface area contributed by atoms with Gasteiger partial charge in [0.2, 0.25) is 0 Å². The predicted octanol–water partition coefficient (Wildman–Crippen LogP) is 5.14. The maximum atomic E-state index is 13.1. The Morgan fingerprint density at radius 1 is 0.824 bits per heavy atom. The maximum absolute atomic E-state index is 13.1. The average Bonchev–Trinajstić information content (AvgIpc) is 2.35. The lowest BCUT2D eigenvalue weighted by molar-refractivity contribution is 0.619. The van der Waals surface area contributed by atoms with Crippen molar-refractivity contribution in [3.63, 3.8) is 0 Å². The molecule has 0 bridgehead atoms. The van der Waals surface area contributed by atoms with Crippen LogP contribution < -0.4 is 0 Å². The van der Waals surface area contributed by atoms with Crippen LogP contribution in [0.1, 0.15) is 25.0 Å². The van der Waals surface area contributed by atoms with Crippen molar-refractivity contribution in [1.29, 1.82) is 0 Å². The van der Waals surface area contributed by atoms with Crippen molar-refractivity contribution in [2.45, 2.75) is 27.7 Å². The van der Waals surface area contributed by atoms with Crippen molar-refractivity contribution in [3.8, 4) is 11.1 Å². The summed E-state index contributed by atoms with van der Waals surface area (Å²) in [4.78, 5) is 0. The zero-order valence-electron chi connectivity index (χ0n) is 10.9. The van der Waals surface area contributed by atoms with Gasteiger partial charge in [-0.15, -0.1) is 0 Å². The summed E-state index contributed by atoms with van der Waals surface area (Å²) in [5.41, 5.74) is 4.11. The van der Waals surface area contributed by atoms with Gasteiger partial charge in [0.25, 0.3) is 0 Å². The highest BCUT2D eigenvalue weighted by molar-refractivity contribution is 5.64. The minimum Gasteiger partial charge on any atom is -0.207 e. The van der Waals surface area contributed by atoms with Gasteiger partial charge in [0.1, 0.15) is 5.82 Å². The van der Waals surface area contributed by atoms with E-state index in [1.54, 1.807) is 6.92 Å². The number of hydrogen-bond acceptors (Lipinski definition) is 0. The summed E-state index contributed by atoms with van der Waals surface area (Å²) in [7, 11) is 0. The van der Waals surface area contributed by atoms with E-state index in [1.807, 2.05) is 38.1 Å². The molecular formula is C16H19F. The third-order valence-corrected chi connectivity index (χ3v) is 2.51. The molecule has 0 fully saturated rings. The van der Waals surface area contributed by atoms with Gasteiger partial charge in [0.15, 0.2) is 0 Å². The first kappa shape index (κ1) is 13.4. The van der Waals surface area contributed by atoms with Gasteiger partial charge in [-0.1, -0.05) is 49.7 Å². The van der Waals surface area contributed by atoms with Crippen molar-refractivity contribution in [3.05, 3.63) is 59.4 Å². The highest BCUT2D eigenvalue weighted by Crippen LogP contribution is 2.22. The van der Waals surface area contributed by atoms with Crippen LogP contribution in [0.4, 0.5) is 4.39 Å². The molecule has 0 aliphatic carbocycles. The molecule has 0 radical (unpaired) electrons. The van der Waals surface area contributed by atoms with Crippen molar-refractivity contribution in [2.24, 2.45) is 0 Å². The largest absolute Gasteiger partial charge is 0.207 e. The van der Waals surface area contributed by atoms with Crippen LogP contribution in [0.3, 0.4) is 0 Å². The zero-order valence-corrected chi connectivity index (χ0v) is 10.9. The number of aryl methyl sites for hydroxylation is 2. The lowest BCUT2D eigenvalue weighted by Crippen LogP contribution is -1.84. The van der Waals surface area contributed by atoms with Gasteiger partial charge >= 0.3 is 0 Å². The summed E-state index contributed by atoms with van der Waals surface area (Å²) < 4.78 is 13.1. The molecule has 0 atom stereocenters. The molecule has 0 spiro atoms. The Bertz CT molecular complexity index is 487. The quantitative estimate of drug-likeness (QED) is 0.636. The minimum atomic E-state index is -0.147. The molecular weight excluding hydrogens is 211 g/mol. The van der Waals surface area contributed by atoms with E-state index in [2.05, 4.69) is 19.1 Å². The lowest BCUT2D eigenvalue weighted by atomic mass is 10.0. The minimum absolute atomic E-state index is 0.147. The fraction of sp³-hybridized carbons (Fsp3) is 0.250. The van der Waals surface area contributed by atoms with E-state index < -0.39 is 0 Å². The first-order chi connectivity index (χ1) is 8.16. The first-order valence-corrected chi connectivity index (χ1v) is 6.00. The molecule has 0 aliphatic rings. The smallest absolute Gasteiger partial charge is 0.126 e. The molecule has 0 aliphatic heterocycles. The SMILES string of the molecule is CC.Cc1cccc(-c2ccc(F)c(C)c2)c1. The number of benzene rings is 2. The number of halogens is 1. The monoisotopic (exact) mass is 230 g/mol. The summed E-state index contributed by atoms with van der Waals surface area (Å²) >= 11 is 0. The molecule has 90 valence electrons. The molecule has 2 rings (SSSR count). The van der Waals surface area contributed by atoms with Crippen LogP contribution in [-0.4, -0.2) is 0 Å². The summed E-state index contributed by atoms with van der Waals surface area (Å²) in [6, 6.07) is 13.4. The van der Waals surface area contributed by atoms with Gasteiger partial charge in [0.05, 0.1) is 0 Å². The molecule has 0 amide bonds. The van der Waals surface area contributed by atoms with Gasteiger partial charge in [0, 0.05) is 0 Å². The average molecular weight is 230 g/mol. The molecule has 0 nitrogen and oxygen atoms in total. The molecule has 0 saturated heterocycles. The summed E-state index contributed by atoms with van der Waals surface area (Å²) in [6.45, 7) is 7.84. The van der Waals surface area contributed by atoms with Crippen LogP contribution in [0.25, 0.3) is 11.1 Å². The topological polar surface area (TPSA) is 0 Å². The molecule has 17 heavy (non-hydrogen) atoms. The van der Waals surface area contributed by atoms with E-state index in [9.17, 15) is 4.39 Å². The molecule has 2 aromatic rings. The molecule has 0 saturated carbocycles. The van der Waals surface area contributed by atoms with Crippen molar-refractivity contribution in [2.75, 3.05) is 0 Å². The van der Waals surface area contributed by atoms with Crippen LogP contribution >= 0.6 is 0 Å². The fourth-order valence-corrected chi connectivity index (χ4v) is 1.65. The first-order valence-electron chi connectivity index (χ1n) is 6.00. The lowest BCUT2D eigenvalue weighted by Gasteiger charge is -2.04. The van der Waals surface area contributed by atoms with E-state index in [1.165, 1.54) is 11.6 Å². The molecule has 0 unspecified atom stereocenters. The maximum Gasteiger partial charge on any atom is 0.126 e.